The van der Waals surface area contributed by atoms with E-state index < -0.39 is 20.0 Å². The third-order valence-corrected chi connectivity index (χ3v) is 3.54. The molecular weight excluding hydrogens is 276 g/mol. The average Bonchev–Trinajstić information content (AvgIpc) is 1.97. The number of hydrogen-bond acceptors (Lipinski definition) is 4. The van der Waals surface area contributed by atoms with Gasteiger partial charge in [0.2, 0.25) is 20.0 Å². The summed E-state index contributed by atoms with van der Waals surface area (Å²) in [5.41, 5.74) is 0.167. The number of anilines is 1. The number of primary sulfonamides is 1. The zero-order chi connectivity index (χ0) is 12.6. The van der Waals surface area contributed by atoms with E-state index in [4.69, 9.17) is 16.7 Å². The van der Waals surface area contributed by atoms with E-state index >= 15 is 0 Å². The Bertz CT molecular complexity index is 609. The Morgan fingerprint density at radius 2 is 1.81 bits per heavy atom. The van der Waals surface area contributed by atoms with Crippen LogP contribution in [-0.4, -0.2) is 23.1 Å². The van der Waals surface area contributed by atoms with Crippen LogP contribution in [0.4, 0.5) is 5.69 Å². The van der Waals surface area contributed by atoms with Crippen molar-refractivity contribution in [3.05, 3.63) is 23.2 Å². The lowest BCUT2D eigenvalue weighted by molar-refractivity contribution is 0.597. The smallest absolute Gasteiger partial charge is 0.239 e. The average molecular weight is 285 g/mol. The number of benzene rings is 1. The molecule has 9 heteroatoms. The molecule has 0 atom stereocenters. The summed E-state index contributed by atoms with van der Waals surface area (Å²) in [4.78, 5) is -0.256. The molecule has 0 aliphatic heterocycles. The van der Waals surface area contributed by atoms with Gasteiger partial charge in [0, 0.05) is 0 Å². The van der Waals surface area contributed by atoms with Gasteiger partial charge in [-0.25, -0.2) is 22.0 Å². The predicted molar refractivity (Wildman–Crippen MR) is 61.3 cm³/mol. The molecule has 0 bridgehead atoms. The fourth-order valence-electron chi connectivity index (χ4n) is 1.01. The minimum absolute atomic E-state index is 0.142. The van der Waals surface area contributed by atoms with E-state index in [0.29, 0.717) is 0 Å². The molecule has 0 amide bonds. The van der Waals surface area contributed by atoms with Gasteiger partial charge >= 0.3 is 0 Å². The van der Waals surface area contributed by atoms with E-state index in [1.807, 2.05) is 0 Å². The van der Waals surface area contributed by atoms with Gasteiger partial charge in [0.25, 0.3) is 0 Å². The van der Waals surface area contributed by atoms with Crippen molar-refractivity contribution in [3.8, 4) is 0 Å². The Labute approximate surface area is 98.5 Å². The second kappa shape index (κ2) is 4.21. The lowest BCUT2D eigenvalue weighted by Crippen LogP contribution is -2.13. The van der Waals surface area contributed by atoms with Crippen molar-refractivity contribution in [1.82, 2.24) is 0 Å². The molecule has 90 valence electrons. The van der Waals surface area contributed by atoms with Gasteiger partial charge in [-0.05, 0) is 18.2 Å². The second-order valence-electron chi connectivity index (χ2n) is 3.06. The number of rotatable bonds is 3. The molecule has 0 saturated heterocycles. The zero-order valence-electron chi connectivity index (χ0n) is 8.14. The van der Waals surface area contributed by atoms with Crippen LogP contribution in [-0.2, 0) is 20.0 Å². The van der Waals surface area contributed by atoms with Gasteiger partial charge in [-0.1, -0.05) is 11.6 Å². The van der Waals surface area contributed by atoms with Gasteiger partial charge in [0.15, 0.2) is 0 Å². The van der Waals surface area contributed by atoms with Gasteiger partial charge in [0.1, 0.15) is 4.90 Å². The molecule has 6 nitrogen and oxygen atoms in total. The molecule has 0 fully saturated rings. The highest BCUT2D eigenvalue weighted by Crippen LogP contribution is 2.24. The van der Waals surface area contributed by atoms with Crippen molar-refractivity contribution in [2.24, 2.45) is 5.14 Å². The molecule has 3 N–H and O–H groups in total. The van der Waals surface area contributed by atoms with Crippen LogP contribution in [0.1, 0.15) is 0 Å². The van der Waals surface area contributed by atoms with E-state index in [1.54, 1.807) is 0 Å². The monoisotopic (exact) mass is 284 g/mol. The summed E-state index contributed by atoms with van der Waals surface area (Å²) in [7, 11) is -7.33. The number of nitrogens with two attached hydrogens (primary N) is 1. The first-order chi connectivity index (χ1) is 7.09. The topological polar surface area (TPSA) is 106 Å². The summed E-state index contributed by atoms with van der Waals surface area (Å²) in [6, 6.07) is 3.56. The summed E-state index contributed by atoms with van der Waals surface area (Å²) in [6.07, 6.45) is 0.967. The van der Waals surface area contributed by atoms with Crippen molar-refractivity contribution in [2.75, 3.05) is 11.0 Å². The Hall–Kier alpha value is -0.830. The molecule has 0 aromatic heterocycles. The Kier molecular flexibility index (Phi) is 3.48. The third kappa shape index (κ3) is 3.63. The maximum atomic E-state index is 11.0. The van der Waals surface area contributed by atoms with Crippen molar-refractivity contribution in [2.45, 2.75) is 4.90 Å². The number of hydrogen-bond donors (Lipinski definition) is 2. The molecule has 0 spiro atoms. The van der Waals surface area contributed by atoms with Crippen LogP contribution in [0.15, 0.2) is 23.1 Å². The predicted octanol–water partition coefficient (Wildman–Crippen LogP) is 0.359. The first kappa shape index (κ1) is 13.2. The normalized spacial score (nSPS) is 12.4. The molecule has 1 aromatic carbocycles. The Morgan fingerprint density at radius 1 is 1.25 bits per heavy atom. The lowest BCUT2D eigenvalue weighted by Gasteiger charge is -2.06. The highest BCUT2D eigenvalue weighted by molar-refractivity contribution is 7.92. The van der Waals surface area contributed by atoms with E-state index in [1.165, 1.54) is 12.1 Å². The van der Waals surface area contributed by atoms with Crippen molar-refractivity contribution < 1.29 is 16.8 Å². The van der Waals surface area contributed by atoms with Crippen LogP contribution < -0.4 is 9.86 Å². The quantitative estimate of drug-likeness (QED) is 0.835. The van der Waals surface area contributed by atoms with Crippen LogP contribution in [0, 0.1) is 0 Å². The van der Waals surface area contributed by atoms with Crippen molar-refractivity contribution >= 4 is 37.3 Å². The van der Waals surface area contributed by atoms with E-state index in [9.17, 15) is 16.8 Å². The van der Waals surface area contributed by atoms with Gasteiger partial charge in [0.05, 0.1) is 17.0 Å². The van der Waals surface area contributed by atoms with Crippen LogP contribution in [0.3, 0.4) is 0 Å². The fraction of sp³-hybridized carbons (Fsp3) is 0.143. The first-order valence-electron chi connectivity index (χ1n) is 3.90. The largest absolute Gasteiger partial charge is 0.284 e. The van der Waals surface area contributed by atoms with Crippen molar-refractivity contribution in [3.63, 3.8) is 0 Å². The summed E-state index contributed by atoms with van der Waals surface area (Å²) < 4.78 is 46.0. The molecule has 0 aliphatic carbocycles. The molecule has 1 aromatic rings. The number of sulfonamides is 2. The van der Waals surface area contributed by atoms with E-state index in [0.717, 1.165) is 12.3 Å². The van der Waals surface area contributed by atoms with Gasteiger partial charge in [-0.15, -0.1) is 0 Å². The van der Waals surface area contributed by atoms with Crippen LogP contribution in [0.2, 0.25) is 5.02 Å². The molecule has 0 aliphatic rings. The minimum Gasteiger partial charge on any atom is -0.284 e. The van der Waals surface area contributed by atoms with E-state index in [-0.39, 0.29) is 15.6 Å². The van der Waals surface area contributed by atoms with Crippen molar-refractivity contribution in [1.29, 1.82) is 0 Å². The highest BCUT2D eigenvalue weighted by atomic mass is 35.5. The maximum Gasteiger partial charge on any atom is 0.239 e. The van der Waals surface area contributed by atoms with E-state index in [2.05, 4.69) is 4.72 Å². The maximum absolute atomic E-state index is 11.0. The van der Waals surface area contributed by atoms with Crippen LogP contribution in [0.5, 0.6) is 0 Å². The minimum atomic E-state index is -3.90. The molecule has 16 heavy (non-hydrogen) atoms. The fourth-order valence-corrected chi connectivity index (χ4v) is 2.66. The summed E-state index contributed by atoms with van der Waals surface area (Å²) in [5, 5.41) is 4.74. The Balaban J connectivity index is 3.20. The van der Waals surface area contributed by atoms with Gasteiger partial charge < -0.3 is 0 Å². The molecule has 0 unspecified atom stereocenters. The molecule has 0 heterocycles. The molecular formula is C7H9ClN2O4S2. The molecule has 0 radical (unpaired) electrons. The second-order valence-corrected chi connectivity index (χ2v) is 6.75. The summed E-state index contributed by atoms with van der Waals surface area (Å²) >= 11 is 5.65. The number of nitrogens with one attached hydrogen (secondary N) is 1. The summed E-state index contributed by atoms with van der Waals surface area (Å²) in [6.45, 7) is 0. The lowest BCUT2D eigenvalue weighted by atomic mass is 10.3. The molecule has 0 saturated carbocycles. The number of halogens is 1. The van der Waals surface area contributed by atoms with Gasteiger partial charge in [-0.2, -0.15) is 0 Å². The van der Waals surface area contributed by atoms with Crippen LogP contribution in [0.25, 0.3) is 0 Å². The standard InChI is InChI=1S/C7H9ClN2O4S2/c1-15(11,12)10-5-2-3-7(6(8)4-5)16(9,13)14/h2-4,10H,1H3,(H2,9,13,14). The van der Waals surface area contributed by atoms with Crippen LogP contribution >= 0.6 is 11.6 Å². The Morgan fingerprint density at radius 3 is 2.19 bits per heavy atom. The highest BCUT2D eigenvalue weighted by Gasteiger charge is 2.13. The summed E-state index contributed by atoms with van der Waals surface area (Å²) in [5.74, 6) is 0. The molecule has 1 rings (SSSR count). The SMILES string of the molecule is CS(=O)(=O)Nc1ccc(S(N)(=O)=O)c(Cl)c1. The third-order valence-electron chi connectivity index (χ3n) is 1.54. The zero-order valence-corrected chi connectivity index (χ0v) is 10.5. The van der Waals surface area contributed by atoms with Gasteiger partial charge in [-0.3, -0.25) is 4.72 Å². The first-order valence-corrected chi connectivity index (χ1v) is 7.71.